The summed E-state index contributed by atoms with van der Waals surface area (Å²) < 4.78 is 0. The summed E-state index contributed by atoms with van der Waals surface area (Å²) in [5.74, 6) is -0.501. The lowest BCUT2D eigenvalue weighted by molar-refractivity contribution is -0.116. The van der Waals surface area contributed by atoms with Crippen LogP contribution in [0.25, 0.3) is 0 Å². The Labute approximate surface area is 115 Å². The smallest absolute Gasteiger partial charge is 0.259 e. The molecule has 1 aromatic carbocycles. The lowest BCUT2D eigenvalue weighted by Crippen LogP contribution is -2.20. The van der Waals surface area contributed by atoms with Crippen molar-refractivity contribution in [1.29, 1.82) is 0 Å². The molecule has 3 N–H and O–H groups in total. The molecule has 1 aromatic rings. The maximum atomic E-state index is 11.9. The third kappa shape index (κ3) is 2.42. The first-order valence-electron chi connectivity index (χ1n) is 6.64. The first-order valence-corrected chi connectivity index (χ1v) is 6.64. The first kappa shape index (κ1) is 12.8. The van der Waals surface area contributed by atoms with Gasteiger partial charge >= 0.3 is 0 Å². The maximum absolute atomic E-state index is 11.9. The van der Waals surface area contributed by atoms with Gasteiger partial charge < -0.3 is 10.6 Å². The van der Waals surface area contributed by atoms with E-state index in [-0.39, 0.29) is 11.8 Å². The van der Waals surface area contributed by atoms with Crippen LogP contribution in [0.5, 0.6) is 0 Å². The predicted octanol–water partition coefficient (Wildman–Crippen LogP) is 0.508. The molecule has 6 nitrogen and oxygen atoms in total. The largest absolute Gasteiger partial charge is 0.326 e. The predicted molar refractivity (Wildman–Crippen MR) is 72.5 cm³/mol. The van der Waals surface area contributed by atoms with Gasteiger partial charge in [0.1, 0.15) is 0 Å². The molecule has 1 saturated heterocycles. The molecular formula is C14H15N3O3. The maximum Gasteiger partial charge on any atom is 0.259 e. The molecule has 0 radical (unpaired) electrons. The van der Waals surface area contributed by atoms with Gasteiger partial charge in [0.25, 0.3) is 11.8 Å². The summed E-state index contributed by atoms with van der Waals surface area (Å²) in [5, 5.41) is 8.21. The number of imide groups is 1. The SMILES string of the molecule is O=C(CC1CCNC1)Nc1ccc2c(c1)C(=O)NC2=O. The van der Waals surface area contributed by atoms with Crippen LogP contribution < -0.4 is 16.0 Å². The van der Waals surface area contributed by atoms with E-state index in [1.165, 1.54) is 0 Å². The molecule has 2 heterocycles. The van der Waals surface area contributed by atoms with E-state index in [4.69, 9.17) is 0 Å². The van der Waals surface area contributed by atoms with E-state index in [0.29, 0.717) is 29.2 Å². The first-order chi connectivity index (χ1) is 9.63. The Morgan fingerprint density at radius 1 is 1.25 bits per heavy atom. The summed E-state index contributed by atoms with van der Waals surface area (Å²) in [6.45, 7) is 1.83. The molecule has 104 valence electrons. The Balaban J connectivity index is 1.69. The van der Waals surface area contributed by atoms with E-state index in [1.807, 2.05) is 0 Å². The van der Waals surface area contributed by atoms with Crippen molar-refractivity contribution in [2.24, 2.45) is 5.92 Å². The summed E-state index contributed by atoms with van der Waals surface area (Å²) in [6.07, 6.45) is 1.48. The lowest BCUT2D eigenvalue weighted by atomic mass is 10.0. The van der Waals surface area contributed by atoms with Gasteiger partial charge in [-0.15, -0.1) is 0 Å². The highest BCUT2D eigenvalue weighted by Gasteiger charge is 2.27. The van der Waals surface area contributed by atoms with Gasteiger partial charge in [-0.1, -0.05) is 0 Å². The van der Waals surface area contributed by atoms with Crippen LogP contribution >= 0.6 is 0 Å². The monoisotopic (exact) mass is 273 g/mol. The van der Waals surface area contributed by atoms with E-state index in [0.717, 1.165) is 19.5 Å². The van der Waals surface area contributed by atoms with Crippen LogP contribution in [0.1, 0.15) is 33.6 Å². The van der Waals surface area contributed by atoms with Gasteiger partial charge in [0.15, 0.2) is 0 Å². The van der Waals surface area contributed by atoms with Crippen LogP contribution in [-0.4, -0.2) is 30.8 Å². The molecule has 6 heteroatoms. The number of benzene rings is 1. The van der Waals surface area contributed by atoms with E-state index in [1.54, 1.807) is 18.2 Å². The Morgan fingerprint density at radius 2 is 2.05 bits per heavy atom. The highest BCUT2D eigenvalue weighted by molar-refractivity contribution is 6.22. The Morgan fingerprint density at radius 3 is 2.80 bits per heavy atom. The van der Waals surface area contributed by atoms with Crippen LogP contribution in [0.4, 0.5) is 5.69 Å². The normalized spacial score (nSPS) is 20.7. The summed E-state index contributed by atoms with van der Waals surface area (Å²) in [4.78, 5) is 34.9. The second-order valence-corrected chi connectivity index (χ2v) is 5.15. The van der Waals surface area contributed by atoms with Gasteiger partial charge in [-0.25, -0.2) is 0 Å². The van der Waals surface area contributed by atoms with E-state index < -0.39 is 5.91 Å². The van der Waals surface area contributed by atoms with Crippen molar-refractivity contribution in [2.45, 2.75) is 12.8 Å². The minimum absolute atomic E-state index is 0.0663. The Bertz CT molecular complexity index is 591. The van der Waals surface area contributed by atoms with Crippen molar-refractivity contribution < 1.29 is 14.4 Å². The zero-order chi connectivity index (χ0) is 14.1. The number of carbonyl (C=O) groups excluding carboxylic acids is 3. The number of amides is 3. The molecule has 3 amide bonds. The molecule has 1 fully saturated rings. The molecule has 0 saturated carbocycles. The number of hydrogen-bond acceptors (Lipinski definition) is 4. The van der Waals surface area contributed by atoms with Crippen LogP contribution in [0.15, 0.2) is 18.2 Å². The number of hydrogen-bond donors (Lipinski definition) is 3. The quantitative estimate of drug-likeness (QED) is 0.700. The van der Waals surface area contributed by atoms with Gasteiger partial charge in [-0.2, -0.15) is 0 Å². The topological polar surface area (TPSA) is 87.3 Å². The fourth-order valence-corrected chi connectivity index (χ4v) is 2.61. The van der Waals surface area contributed by atoms with Crippen molar-refractivity contribution in [3.8, 4) is 0 Å². The van der Waals surface area contributed by atoms with Gasteiger partial charge in [0.2, 0.25) is 5.91 Å². The van der Waals surface area contributed by atoms with Gasteiger partial charge in [-0.3, -0.25) is 19.7 Å². The average molecular weight is 273 g/mol. The third-order valence-electron chi connectivity index (χ3n) is 3.66. The third-order valence-corrected chi connectivity index (χ3v) is 3.66. The van der Waals surface area contributed by atoms with E-state index in [2.05, 4.69) is 16.0 Å². The molecule has 1 atom stereocenters. The van der Waals surface area contributed by atoms with Crippen LogP contribution in [-0.2, 0) is 4.79 Å². The molecule has 0 aromatic heterocycles. The van der Waals surface area contributed by atoms with Crippen LogP contribution in [0, 0.1) is 5.92 Å². The number of carbonyl (C=O) groups is 3. The molecule has 3 rings (SSSR count). The standard InChI is InChI=1S/C14H15N3O3/c18-12(5-8-3-4-15-7-8)16-9-1-2-10-11(6-9)14(20)17-13(10)19/h1-2,6,8,15H,3-5,7H2,(H,16,18)(H,17,19,20). The molecule has 0 bridgehead atoms. The fourth-order valence-electron chi connectivity index (χ4n) is 2.61. The fraction of sp³-hybridized carbons (Fsp3) is 0.357. The van der Waals surface area contributed by atoms with E-state index in [9.17, 15) is 14.4 Å². The van der Waals surface area contributed by atoms with Gasteiger partial charge in [0.05, 0.1) is 11.1 Å². The summed E-state index contributed by atoms with van der Waals surface area (Å²) in [7, 11) is 0. The van der Waals surface area contributed by atoms with Crippen molar-refractivity contribution in [1.82, 2.24) is 10.6 Å². The molecule has 2 aliphatic rings. The minimum atomic E-state index is -0.416. The second-order valence-electron chi connectivity index (χ2n) is 5.15. The second kappa shape index (κ2) is 5.05. The van der Waals surface area contributed by atoms with Gasteiger partial charge in [-0.05, 0) is 43.6 Å². The number of rotatable bonds is 3. The Kier molecular flexibility index (Phi) is 3.23. The summed E-state index contributed by atoms with van der Waals surface area (Å²) in [5.41, 5.74) is 1.22. The molecular weight excluding hydrogens is 258 g/mol. The zero-order valence-electron chi connectivity index (χ0n) is 10.9. The summed E-state index contributed by atoms with van der Waals surface area (Å²) >= 11 is 0. The van der Waals surface area contributed by atoms with Crippen molar-refractivity contribution in [3.63, 3.8) is 0 Å². The van der Waals surface area contributed by atoms with E-state index >= 15 is 0 Å². The lowest BCUT2D eigenvalue weighted by Gasteiger charge is -2.09. The number of nitrogens with one attached hydrogen (secondary N) is 3. The van der Waals surface area contributed by atoms with Crippen molar-refractivity contribution >= 4 is 23.4 Å². The zero-order valence-corrected chi connectivity index (χ0v) is 10.9. The Hall–Kier alpha value is -2.21. The molecule has 20 heavy (non-hydrogen) atoms. The average Bonchev–Trinajstić information content (AvgIpc) is 2.99. The van der Waals surface area contributed by atoms with Gasteiger partial charge in [0, 0.05) is 12.1 Å². The molecule has 0 spiro atoms. The summed E-state index contributed by atoms with van der Waals surface area (Å²) in [6, 6.07) is 4.74. The van der Waals surface area contributed by atoms with Crippen LogP contribution in [0.2, 0.25) is 0 Å². The van der Waals surface area contributed by atoms with Crippen molar-refractivity contribution in [3.05, 3.63) is 29.3 Å². The minimum Gasteiger partial charge on any atom is -0.326 e. The number of fused-ring (bicyclic) bond motifs is 1. The molecule has 0 aliphatic carbocycles. The van der Waals surface area contributed by atoms with Crippen LogP contribution in [0.3, 0.4) is 0 Å². The number of anilines is 1. The highest BCUT2D eigenvalue weighted by Crippen LogP contribution is 2.21. The molecule has 1 unspecified atom stereocenters. The molecule has 2 aliphatic heterocycles. The highest BCUT2D eigenvalue weighted by atomic mass is 16.2. The van der Waals surface area contributed by atoms with Crippen molar-refractivity contribution in [2.75, 3.05) is 18.4 Å².